The first-order valence-electron chi connectivity index (χ1n) is 6.37. The van der Waals surface area contributed by atoms with Crippen molar-refractivity contribution >= 4 is 49.7 Å². The van der Waals surface area contributed by atoms with Crippen molar-refractivity contribution in [3.63, 3.8) is 0 Å². The molecule has 0 amide bonds. The molecule has 4 nitrogen and oxygen atoms in total. The molecule has 0 radical (unpaired) electrons. The predicted octanol–water partition coefficient (Wildman–Crippen LogP) is 4.60. The zero-order chi connectivity index (χ0) is 15.8. The lowest BCUT2D eigenvalue weighted by Crippen LogP contribution is -2.18. The molecule has 1 N–H and O–H groups in total. The SMILES string of the molecule is CN(Cc1csc(Br)c1)c1nc(C(C)(C)C)c(C(=O)O)s1. The molecule has 114 valence electrons. The number of carbonyl (C=O) groups is 1. The fraction of sp³-hybridized carbons (Fsp3) is 0.429. The maximum Gasteiger partial charge on any atom is 0.347 e. The van der Waals surface area contributed by atoms with Gasteiger partial charge >= 0.3 is 5.97 Å². The van der Waals surface area contributed by atoms with Gasteiger partial charge in [-0.25, -0.2) is 9.78 Å². The van der Waals surface area contributed by atoms with Gasteiger partial charge in [0.2, 0.25) is 0 Å². The summed E-state index contributed by atoms with van der Waals surface area (Å²) in [5.41, 5.74) is 1.54. The highest BCUT2D eigenvalue weighted by molar-refractivity contribution is 9.11. The van der Waals surface area contributed by atoms with Crippen LogP contribution in [-0.4, -0.2) is 23.1 Å². The van der Waals surface area contributed by atoms with Crippen LogP contribution >= 0.6 is 38.6 Å². The van der Waals surface area contributed by atoms with Gasteiger partial charge in [-0.05, 0) is 32.9 Å². The summed E-state index contributed by atoms with van der Waals surface area (Å²) in [6.07, 6.45) is 0. The molecule has 0 saturated carbocycles. The van der Waals surface area contributed by atoms with E-state index in [1.165, 1.54) is 16.9 Å². The van der Waals surface area contributed by atoms with Crippen molar-refractivity contribution in [2.75, 3.05) is 11.9 Å². The van der Waals surface area contributed by atoms with Gasteiger partial charge in [0, 0.05) is 19.0 Å². The highest BCUT2D eigenvalue weighted by Gasteiger charge is 2.27. The zero-order valence-electron chi connectivity index (χ0n) is 12.3. The Hall–Kier alpha value is -0.920. The number of halogens is 1. The summed E-state index contributed by atoms with van der Waals surface area (Å²) in [5, 5.41) is 12.2. The van der Waals surface area contributed by atoms with Crippen LogP contribution in [0.2, 0.25) is 0 Å². The molecule has 0 aliphatic rings. The quantitative estimate of drug-likeness (QED) is 0.831. The third kappa shape index (κ3) is 3.84. The lowest BCUT2D eigenvalue weighted by molar-refractivity contribution is 0.0699. The Morgan fingerprint density at radius 2 is 2.14 bits per heavy atom. The van der Waals surface area contributed by atoms with E-state index in [2.05, 4.69) is 32.4 Å². The molecule has 2 heterocycles. The van der Waals surface area contributed by atoms with Crippen molar-refractivity contribution in [3.8, 4) is 0 Å². The van der Waals surface area contributed by atoms with Gasteiger partial charge in [0.15, 0.2) is 5.13 Å². The maximum atomic E-state index is 11.4. The largest absolute Gasteiger partial charge is 0.477 e. The summed E-state index contributed by atoms with van der Waals surface area (Å²) < 4.78 is 1.09. The Kier molecular flexibility index (Phi) is 4.75. The molecule has 0 aliphatic carbocycles. The summed E-state index contributed by atoms with van der Waals surface area (Å²) in [6.45, 7) is 6.65. The molecule has 0 spiro atoms. The number of carboxylic acids is 1. The molecule has 0 unspecified atom stereocenters. The van der Waals surface area contributed by atoms with Gasteiger partial charge in [0.25, 0.3) is 0 Å². The minimum atomic E-state index is -0.907. The lowest BCUT2D eigenvalue weighted by Gasteiger charge is -2.17. The van der Waals surface area contributed by atoms with Crippen molar-refractivity contribution in [3.05, 3.63) is 31.4 Å². The van der Waals surface area contributed by atoms with Gasteiger partial charge in [-0.3, -0.25) is 0 Å². The molecule has 2 aromatic heterocycles. The Morgan fingerprint density at radius 3 is 2.57 bits per heavy atom. The van der Waals surface area contributed by atoms with Gasteiger partial charge in [-0.2, -0.15) is 0 Å². The molecule has 0 bridgehead atoms. The van der Waals surface area contributed by atoms with E-state index in [-0.39, 0.29) is 5.41 Å². The van der Waals surface area contributed by atoms with Gasteiger partial charge in [-0.1, -0.05) is 32.1 Å². The van der Waals surface area contributed by atoms with Crippen LogP contribution in [0, 0.1) is 0 Å². The molecular weight excluding hydrogens is 372 g/mol. The van der Waals surface area contributed by atoms with Gasteiger partial charge in [-0.15, -0.1) is 11.3 Å². The number of thiazole rings is 1. The van der Waals surface area contributed by atoms with E-state index in [1.54, 1.807) is 11.3 Å². The second kappa shape index (κ2) is 6.06. The van der Waals surface area contributed by atoms with Crippen LogP contribution < -0.4 is 4.90 Å². The first kappa shape index (κ1) is 16.5. The molecule has 0 saturated heterocycles. The number of hydrogen-bond donors (Lipinski definition) is 1. The van der Waals surface area contributed by atoms with Crippen molar-refractivity contribution in [1.29, 1.82) is 0 Å². The molecular formula is C14H17BrN2O2S2. The molecule has 0 fully saturated rings. The molecule has 0 aromatic carbocycles. The number of hydrogen-bond acceptors (Lipinski definition) is 5. The molecule has 2 rings (SSSR count). The van der Waals surface area contributed by atoms with Crippen molar-refractivity contribution in [1.82, 2.24) is 4.98 Å². The van der Waals surface area contributed by atoms with Crippen LogP contribution in [0.25, 0.3) is 0 Å². The highest BCUT2D eigenvalue weighted by Crippen LogP contribution is 2.34. The zero-order valence-corrected chi connectivity index (χ0v) is 15.5. The first-order chi connectivity index (χ1) is 9.68. The summed E-state index contributed by atoms with van der Waals surface area (Å²) in [5.74, 6) is -0.907. The van der Waals surface area contributed by atoms with E-state index in [9.17, 15) is 9.90 Å². The average Bonchev–Trinajstić information content (AvgIpc) is 2.94. The third-order valence-corrected chi connectivity index (χ3v) is 5.60. The average molecular weight is 389 g/mol. The molecule has 0 aliphatic heterocycles. The Labute approximate surface area is 140 Å². The number of aromatic nitrogens is 1. The van der Waals surface area contributed by atoms with E-state index < -0.39 is 5.97 Å². The second-order valence-electron chi connectivity index (χ2n) is 5.84. The number of carboxylic acid groups (broad SMARTS) is 1. The van der Waals surface area contributed by atoms with Crippen molar-refractivity contribution < 1.29 is 9.90 Å². The molecule has 0 atom stereocenters. The molecule has 2 aromatic rings. The lowest BCUT2D eigenvalue weighted by atomic mass is 9.91. The molecule has 21 heavy (non-hydrogen) atoms. The normalized spacial score (nSPS) is 11.7. The second-order valence-corrected chi connectivity index (χ2v) is 9.11. The Morgan fingerprint density at radius 1 is 1.48 bits per heavy atom. The summed E-state index contributed by atoms with van der Waals surface area (Å²) >= 11 is 6.32. The van der Waals surface area contributed by atoms with E-state index in [4.69, 9.17) is 0 Å². The Bertz CT molecular complexity index is 658. The third-order valence-electron chi connectivity index (χ3n) is 2.89. The van der Waals surface area contributed by atoms with E-state index in [0.717, 1.165) is 8.92 Å². The van der Waals surface area contributed by atoms with Crippen LogP contribution in [0.3, 0.4) is 0 Å². The summed E-state index contributed by atoms with van der Waals surface area (Å²) in [4.78, 5) is 18.3. The van der Waals surface area contributed by atoms with Gasteiger partial charge in [0.05, 0.1) is 9.48 Å². The van der Waals surface area contributed by atoms with E-state index in [0.29, 0.717) is 17.1 Å². The minimum absolute atomic E-state index is 0.283. The fourth-order valence-electron chi connectivity index (χ4n) is 1.90. The van der Waals surface area contributed by atoms with Crippen molar-refractivity contribution in [2.45, 2.75) is 32.7 Å². The Balaban J connectivity index is 2.29. The highest BCUT2D eigenvalue weighted by atomic mass is 79.9. The van der Waals surface area contributed by atoms with E-state index in [1.807, 2.05) is 32.7 Å². The predicted molar refractivity (Wildman–Crippen MR) is 91.9 cm³/mol. The number of anilines is 1. The van der Waals surface area contributed by atoms with Gasteiger partial charge < -0.3 is 10.0 Å². The monoisotopic (exact) mass is 388 g/mol. The minimum Gasteiger partial charge on any atom is -0.477 e. The summed E-state index contributed by atoms with van der Waals surface area (Å²) in [6, 6.07) is 2.07. The fourth-order valence-corrected chi connectivity index (χ4v) is 4.17. The summed E-state index contributed by atoms with van der Waals surface area (Å²) in [7, 11) is 1.93. The topological polar surface area (TPSA) is 53.4 Å². The number of thiophene rings is 1. The van der Waals surface area contributed by atoms with E-state index >= 15 is 0 Å². The number of nitrogens with zero attached hydrogens (tertiary/aromatic N) is 2. The van der Waals surface area contributed by atoms with Crippen LogP contribution in [0.1, 0.15) is 41.7 Å². The van der Waals surface area contributed by atoms with Crippen LogP contribution in [-0.2, 0) is 12.0 Å². The number of rotatable bonds is 4. The van der Waals surface area contributed by atoms with Crippen LogP contribution in [0.15, 0.2) is 15.2 Å². The first-order valence-corrected chi connectivity index (χ1v) is 8.86. The van der Waals surface area contributed by atoms with Gasteiger partial charge in [0.1, 0.15) is 4.88 Å². The smallest absolute Gasteiger partial charge is 0.347 e. The van der Waals surface area contributed by atoms with Crippen LogP contribution in [0.4, 0.5) is 5.13 Å². The molecule has 7 heteroatoms. The van der Waals surface area contributed by atoms with Crippen molar-refractivity contribution in [2.24, 2.45) is 0 Å². The maximum absolute atomic E-state index is 11.4. The van der Waals surface area contributed by atoms with Crippen LogP contribution in [0.5, 0.6) is 0 Å². The number of aromatic carboxylic acids is 1. The standard InChI is InChI=1S/C14H17BrN2O2S2/c1-14(2,3)11-10(12(18)19)21-13(16-11)17(4)6-8-5-9(15)20-7-8/h5,7H,6H2,1-4H3,(H,18,19).